The molecule has 0 bridgehead atoms. The quantitative estimate of drug-likeness (QED) is 0.697. The molecule has 0 saturated heterocycles. The summed E-state index contributed by atoms with van der Waals surface area (Å²) < 4.78 is 0. The first kappa shape index (κ1) is 19.8. The van der Waals surface area contributed by atoms with Gasteiger partial charge < -0.3 is 5.32 Å². The number of nitrogens with zero attached hydrogens (tertiary/aromatic N) is 1. The summed E-state index contributed by atoms with van der Waals surface area (Å²) >= 11 is 1.29. The standard InChI is InChI=1S/C20H25N3O2S/c1-4-23(18-10-8-15(2)9-11-18)22-20(25)14-26-13-19(24)21-17-7-5-6-16(3)12-17/h5-12H,4,13-14H2,1-3H3,(H,21,24)(H,22,25). The molecule has 0 atom stereocenters. The zero-order chi connectivity index (χ0) is 18.9. The zero-order valence-electron chi connectivity index (χ0n) is 15.4. The summed E-state index contributed by atoms with van der Waals surface area (Å²) in [5, 5.41) is 4.64. The van der Waals surface area contributed by atoms with Crippen LogP contribution < -0.4 is 15.8 Å². The van der Waals surface area contributed by atoms with Crippen molar-refractivity contribution in [3.63, 3.8) is 0 Å². The van der Waals surface area contributed by atoms with Crippen LogP contribution in [0.25, 0.3) is 0 Å². The number of nitrogens with one attached hydrogen (secondary N) is 2. The molecule has 0 radical (unpaired) electrons. The maximum Gasteiger partial charge on any atom is 0.248 e. The highest BCUT2D eigenvalue weighted by Crippen LogP contribution is 2.13. The topological polar surface area (TPSA) is 61.4 Å². The second-order valence-corrected chi connectivity index (χ2v) is 7.01. The van der Waals surface area contributed by atoms with Gasteiger partial charge in [-0.2, -0.15) is 0 Å². The number of hydrazine groups is 1. The van der Waals surface area contributed by atoms with Gasteiger partial charge >= 0.3 is 0 Å². The van der Waals surface area contributed by atoms with E-state index in [1.54, 1.807) is 5.01 Å². The van der Waals surface area contributed by atoms with E-state index in [0.717, 1.165) is 16.9 Å². The Bertz CT molecular complexity index is 747. The molecule has 5 nitrogen and oxygen atoms in total. The molecule has 2 rings (SSSR count). The van der Waals surface area contributed by atoms with Crippen molar-refractivity contribution in [2.24, 2.45) is 0 Å². The van der Waals surface area contributed by atoms with Gasteiger partial charge in [0.05, 0.1) is 17.2 Å². The number of benzene rings is 2. The molecule has 0 aromatic heterocycles. The molecule has 0 spiro atoms. The molecule has 0 aliphatic heterocycles. The third-order valence-electron chi connectivity index (χ3n) is 3.69. The maximum absolute atomic E-state index is 12.1. The van der Waals surface area contributed by atoms with Crippen LogP contribution in [0.2, 0.25) is 0 Å². The summed E-state index contributed by atoms with van der Waals surface area (Å²) in [7, 11) is 0. The predicted molar refractivity (Wildman–Crippen MR) is 109 cm³/mol. The average molecular weight is 372 g/mol. The van der Waals surface area contributed by atoms with E-state index in [4.69, 9.17) is 0 Å². The van der Waals surface area contributed by atoms with Crippen molar-refractivity contribution < 1.29 is 9.59 Å². The van der Waals surface area contributed by atoms with Crippen molar-refractivity contribution in [1.82, 2.24) is 5.43 Å². The van der Waals surface area contributed by atoms with E-state index >= 15 is 0 Å². The predicted octanol–water partition coefficient (Wildman–Crippen LogP) is 3.53. The third-order valence-corrected chi connectivity index (χ3v) is 4.62. The van der Waals surface area contributed by atoms with Crippen molar-refractivity contribution in [1.29, 1.82) is 0 Å². The minimum absolute atomic E-state index is 0.112. The van der Waals surface area contributed by atoms with E-state index in [-0.39, 0.29) is 23.3 Å². The van der Waals surface area contributed by atoms with Gasteiger partial charge in [0, 0.05) is 12.2 Å². The minimum Gasteiger partial charge on any atom is -0.325 e. The normalized spacial score (nSPS) is 10.3. The van der Waals surface area contributed by atoms with Crippen LogP contribution in [-0.2, 0) is 9.59 Å². The Morgan fingerprint density at radius 1 is 0.962 bits per heavy atom. The monoisotopic (exact) mass is 371 g/mol. The van der Waals surface area contributed by atoms with E-state index in [1.807, 2.05) is 69.3 Å². The molecular weight excluding hydrogens is 346 g/mol. The van der Waals surface area contributed by atoms with Crippen LogP contribution in [0.1, 0.15) is 18.1 Å². The SMILES string of the molecule is CCN(NC(=O)CSCC(=O)Nc1cccc(C)c1)c1ccc(C)cc1. The lowest BCUT2D eigenvalue weighted by atomic mass is 10.2. The molecule has 138 valence electrons. The highest BCUT2D eigenvalue weighted by atomic mass is 32.2. The van der Waals surface area contributed by atoms with Gasteiger partial charge in [0.2, 0.25) is 11.8 Å². The molecule has 0 aliphatic carbocycles. The van der Waals surface area contributed by atoms with Crippen LogP contribution in [-0.4, -0.2) is 29.9 Å². The van der Waals surface area contributed by atoms with E-state index in [2.05, 4.69) is 10.7 Å². The summed E-state index contributed by atoms with van der Waals surface area (Å²) in [6, 6.07) is 15.6. The smallest absolute Gasteiger partial charge is 0.248 e. The van der Waals surface area contributed by atoms with E-state index in [1.165, 1.54) is 17.3 Å². The third kappa shape index (κ3) is 6.44. The second-order valence-electron chi connectivity index (χ2n) is 6.03. The van der Waals surface area contributed by atoms with Gasteiger partial charge in [-0.1, -0.05) is 29.8 Å². The first-order chi connectivity index (χ1) is 12.5. The molecule has 6 heteroatoms. The van der Waals surface area contributed by atoms with Gasteiger partial charge in [0.1, 0.15) is 0 Å². The number of rotatable bonds is 8. The molecule has 2 N–H and O–H groups in total. The summed E-state index contributed by atoms with van der Waals surface area (Å²) in [6.07, 6.45) is 0. The number of thioether (sulfide) groups is 1. The number of carbonyl (C=O) groups is 2. The van der Waals surface area contributed by atoms with Gasteiger partial charge in [-0.05, 0) is 50.6 Å². The van der Waals surface area contributed by atoms with Crippen LogP contribution in [0.4, 0.5) is 11.4 Å². The van der Waals surface area contributed by atoms with Crippen molar-refractivity contribution in [3.8, 4) is 0 Å². The molecule has 2 amide bonds. The molecule has 0 unspecified atom stereocenters. The van der Waals surface area contributed by atoms with Crippen LogP contribution >= 0.6 is 11.8 Å². The summed E-state index contributed by atoms with van der Waals surface area (Å²) in [4.78, 5) is 24.1. The molecule has 0 aliphatic rings. The van der Waals surface area contributed by atoms with Gasteiger partial charge in [0.15, 0.2) is 0 Å². The fourth-order valence-corrected chi connectivity index (χ4v) is 3.00. The first-order valence-corrected chi connectivity index (χ1v) is 9.71. The van der Waals surface area contributed by atoms with Crippen LogP contribution in [0.15, 0.2) is 48.5 Å². The molecule has 0 heterocycles. The first-order valence-electron chi connectivity index (χ1n) is 8.56. The highest BCUT2D eigenvalue weighted by molar-refractivity contribution is 8.00. The fraction of sp³-hybridized carbons (Fsp3) is 0.300. The zero-order valence-corrected chi connectivity index (χ0v) is 16.2. The fourth-order valence-electron chi connectivity index (χ4n) is 2.39. The van der Waals surface area contributed by atoms with Crippen LogP contribution in [0, 0.1) is 13.8 Å². The Morgan fingerprint density at radius 3 is 2.31 bits per heavy atom. The lowest BCUT2D eigenvalue weighted by molar-refractivity contribution is -0.118. The van der Waals surface area contributed by atoms with Crippen molar-refractivity contribution >= 4 is 35.0 Å². The average Bonchev–Trinajstić information content (AvgIpc) is 2.60. The number of carbonyl (C=O) groups excluding carboxylic acids is 2. The van der Waals surface area contributed by atoms with Gasteiger partial charge in [-0.3, -0.25) is 20.0 Å². The van der Waals surface area contributed by atoms with Gasteiger partial charge in [-0.15, -0.1) is 11.8 Å². The maximum atomic E-state index is 12.1. The Labute approximate surface area is 159 Å². The minimum atomic E-state index is -0.124. The summed E-state index contributed by atoms with van der Waals surface area (Å²) in [6.45, 7) is 6.63. The summed E-state index contributed by atoms with van der Waals surface area (Å²) in [5.41, 5.74) is 6.85. The van der Waals surface area contributed by atoms with E-state index < -0.39 is 0 Å². The van der Waals surface area contributed by atoms with Crippen LogP contribution in [0.3, 0.4) is 0 Å². The molecule has 26 heavy (non-hydrogen) atoms. The Morgan fingerprint density at radius 2 is 1.65 bits per heavy atom. The number of anilines is 2. The Balaban J connectivity index is 1.75. The van der Waals surface area contributed by atoms with E-state index in [0.29, 0.717) is 6.54 Å². The van der Waals surface area contributed by atoms with Gasteiger partial charge in [0.25, 0.3) is 0 Å². The molecule has 0 saturated carbocycles. The Kier molecular flexibility index (Phi) is 7.53. The lowest BCUT2D eigenvalue weighted by Gasteiger charge is -2.23. The number of amides is 2. The highest BCUT2D eigenvalue weighted by Gasteiger charge is 2.10. The van der Waals surface area contributed by atoms with Crippen molar-refractivity contribution in [2.45, 2.75) is 20.8 Å². The van der Waals surface area contributed by atoms with Gasteiger partial charge in [-0.25, -0.2) is 0 Å². The summed E-state index contributed by atoms with van der Waals surface area (Å²) in [5.74, 6) is 0.224. The lowest BCUT2D eigenvalue weighted by Crippen LogP contribution is -2.43. The molecular formula is C20H25N3O2S. The number of aryl methyl sites for hydroxylation is 2. The van der Waals surface area contributed by atoms with E-state index in [9.17, 15) is 9.59 Å². The Hall–Kier alpha value is -2.47. The molecule has 0 fully saturated rings. The number of hydrogen-bond acceptors (Lipinski definition) is 4. The van der Waals surface area contributed by atoms with Crippen LogP contribution in [0.5, 0.6) is 0 Å². The molecule has 2 aromatic carbocycles. The largest absolute Gasteiger partial charge is 0.325 e. The number of hydrogen-bond donors (Lipinski definition) is 2. The van der Waals surface area contributed by atoms with Crippen molar-refractivity contribution in [2.75, 3.05) is 28.4 Å². The second kappa shape index (κ2) is 9.87. The van der Waals surface area contributed by atoms with Crippen molar-refractivity contribution in [3.05, 3.63) is 59.7 Å². The molecule has 2 aromatic rings.